The maximum Gasteiger partial charge on any atom is 0.262 e. The predicted octanol–water partition coefficient (Wildman–Crippen LogP) is 4.22. The minimum Gasteiger partial charge on any atom is -0.482 e. The van der Waals surface area contributed by atoms with Crippen molar-refractivity contribution in [3.8, 4) is 11.4 Å². The number of benzene rings is 2. The number of thioether (sulfide) groups is 1. The van der Waals surface area contributed by atoms with Crippen LogP contribution >= 0.6 is 23.4 Å². The minimum atomic E-state index is -0.376. The first-order valence-electron chi connectivity index (χ1n) is 8.58. The van der Waals surface area contributed by atoms with E-state index < -0.39 is 0 Å². The van der Waals surface area contributed by atoms with Crippen molar-refractivity contribution < 1.29 is 14.3 Å². The average molecular weight is 414 g/mol. The number of hydrogen-bond acceptors (Lipinski definition) is 5. The minimum absolute atomic E-state index is 0.0152. The summed E-state index contributed by atoms with van der Waals surface area (Å²) in [5.41, 5.74) is 1.89. The van der Waals surface area contributed by atoms with Crippen LogP contribution in [0.5, 0.6) is 5.75 Å². The van der Waals surface area contributed by atoms with Gasteiger partial charge in [-0.25, -0.2) is 4.98 Å². The highest BCUT2D eigenvalue weighted by Crippen LogP contribution is 2.31. The van der Waals surface area contributed by atoms with Crippen molar-refractivity contribution >= 4 is 40.7 Å². The molecule has 6 nitrogen and oxygen atoms in total. The summed E-state index contributed by atoms with van der Waals surface area (Å²) >= 11 is 7.44. The van der Waals surface area contributed by atoms with Gasteiger partial charge < -0.3 is 10.1 Å². The van der Waals surface area contributed by atoms with E-state index in [-0.39, 0.29) is 23.5 Å². The number of imidazole rings is 1. The first-order chi connectivity index (χ1) is 13.5. The van der Waals surface area contributed by atoms with Gasteiger partial charge in [-0.15, -0.1) is 0 Å². The van der Waals surface area contributed by atoms with E-state index in [1.165, 1.54) is 11.8 Å². The fourth-order valence-corrected chi connectivity index (χ4v) is 4.03. The standard InChI is InChI=1S/C20H16ClN3O3S/c1-12(19(26)13-5-6-17-16(9-13)23-18(25)11-27-17)28-20-22-7-8-24(20)15-4-2-3-14(21)10-15/h2-10,12H,11H2,1H3,(H,23,25). The van der Waals surface area contributed by atoms with E-state index in [0.29, 0.717) is 27.2 Å². The smallest absolute Gasteiger partial charge is 0.262 e. The van der Waals surface area contributed by atoms with Gasteiger partial charge in [-0.05, 0) is 43.3 Å². The van der Waals surface area contributed by atoms with Gasteiger partial charge in [0.1, 0.15) is 5.75 Å². The number of ether oxygens (including phenoxy) is 1. The molecule has 3 aromatic rings. The molecule has 2 aromatic carbocycles. The third-order valence-electron chi connectivity index (χ3n) is 4.24. The summed E-state index contributed by atoms with van der Waals surface area (Å²) in [4.78, 5) is 28.8. The molecule has 0 fully saturated rings. The molecule has 1 atom stereocenters. The largest absolute Gasteiger partial charge is 0.482 e. The molecule has 4 rings (SSSR count). The zero-order chi connectivity index (χ0) is 19.7. The average Bonchev–Trinajstić information content (AvgIpc) is 3.15. The Balaban J connectivity index is 1.54. The van der Waals surface area contributed by atoms with Crippen molar-refractivity contribution in [1.29, 1.82) is 0 Å². The van der Waals surface area contributed by atoms with Crippen LogP contribution in [0.4, 0.5) is 5.69 Å². The molecule has 1 aliphatic rings. The molecule has 1 amide bonds. The maximum atomic E-state index is 12.9. The monoisotopic (exact) mass is 413 g/mol. The SMILES string of the molecule is CC(Sc1nccn1-c1cccc(Cl)c1)C(=O)c1ccc2c(c1)NC(=O)CO2. The van der Waals surface area contributed by atoms with E-state index in [2.05, 4.69) is 10.3 Å². The number of nitrogens with one attached hydrogen (secondary N) is 1. The van der Waals surface area contributed by atoms with E-state index in [1.807, 2.05) is 35.9 Å². The Kier molecular flexibility index (Phi) is 5.11. The van der Waals surface area contributed by atoms with Gasteiger partial charge >= 0.3 is 0 Å². The van der Waals surface area contributed by atoms with Gasteiger partial charge in [0.05, 0.1) is 10.9 Å². The van der Waals surface area contributed by atoms with E-state index >= 15 is 0 Å². The van der Waals surface area contributed by atoms with Crippen molar-refractivity contribution in [2.75, 3.05) is 11.9 Å². The van der Waals surface area contributed by atoms with Gasteiger partial charge in [-0.3, -0.25) is 14.2 Å². The van der Waals surface area contributed by atoms with Crippen molar-refractivity contribution in [1.82, 2.24) is 9.55 Å². The van der Waals surface area contributed by atoms with Crippen LogP contribution in [0, 0.1) is 0 Å². The molecule has 1 aliphatic heterocycles. The molecule has 2 heterocycles. The fourth-order valence-electron chi connectivity index (χ4n) is 2.88. The van der Waals surface area contributed by atoms with Crippen molar-refractivity contribution in [3.05, 3.63) is 65.4 Å². The number of aromatic nitrogens is 2. The molecule has 0 spiro atoms. The van der Waals surface area contributed by atoms with Gasteiger partial charge in [0.25, 0.3) is 5.91 Å². The number of anilines is 1. The number of carbonyl (C=O) groups is 2. The lowest BCUT2D eigenvalue weighted by atomic mass is 10.1. The molecule has 1 aromatic heterocycles. The van der Waals surface area contributed by atoms with Gasteiger partial charge in [-0.2, -0.15) is 0 Å². The zero-order valence-electron chi connectivity index (χ0n) is 14.9. The molecular weight excluding hydrogens is 398 g/mol. The number of amides is 1. The topological polar surface area (TPSA) is 73.2 Å². The van der Waals surface area contributed by atoms with E-state index in [9.17, 15) is 9.59 Å². The first kappa shape index (κ1) is 18.6. The number of halogens is 1. The van der Waals surface area contributed by atoms with Crippen LogP contribution < -0.4 is 10.1 Å². The number of hydrogen-bond donors (Lipinski definition) is 1. The number of nitrogens with zero attached hydrogens (tertiary/aromatic N) is 2. The Bertz CT molecular complexity index is 1070. The van der Waals surface area contributed by atoms with Crippen LogP contribution in [0.15, 0.2) is 60.0 Å². The normalized spacial score (nSPS) is 14.0. The predicted molar refractivity (Wildman–Crippen MR) is 109 cm³/mol. The van der Waals surface area contributed by atoms with Gasteiger partial charge in [0, 0.05) is 28.7 Å². The Morgan fingerprint density at radius 1 is 1.32 bits per heavy atom. The van der Waals surface area contributed by atoms with Crippen LogP contribution in [0.3, 0.4) is 0 Å². The van der Waals surface area contributed by atoms with Gasteiger partial charge in [0.2, 0.25) is 0 Å². The summed E-state index contributed by atoms with van der Waals surface area (Å²) in [5, 5.41) is 3.67. The number of Topliss-reactive ketones (excluding diaryl/α,β-unsaturated/α-hetero) is 1. The second-order valence-corrected chi connectivity index (χ2v) is 7.98. The summed E-state index contributed by atoms with van der Waals surface area (Å²) in [5.74, 6) is 0.268. The van der Waals surface area contributed by atoms with E-state index in [0.717, 1.165) is 5.69 Å². The molecule has 8 heteroatoms. The number of ketones is 1. The second-order valence-electron chi connectivity index (χ2n) is 6.23. The quantitative estimate of drug-likeness (QED) is 0.500. The molecule has 0 saturated heterocycles. The number of carbonyl (C=O) groups excluding carboxylic acids is 2. The van der Waals surface area contributed by atoms with Crippen LogP contribution in [0.25, 0.3) is 5.69 Å². The summed E-state index contributed by atoms with van der Waals surface area (Å²) in [7, 11) is 0. The summed E-state index contributed by atoms with van der Waals surface area (Å²) in [6.07, 6.45) is 3.52. The lowest BCUT2D eigenvalue weighted by Crippen LogP contribution is -2.25. The van der Waals surface area contributed by atoms with Gasteiger partial charge in [-0.1, -0.05) is 29.4 Å². The van der Waals surface area contributed by atoms with Crippen LogP contribution in [-0.4, -0.2) is 33.1 Å². The van der Waals surface area contributed by atoms with E-state index in [4.69, 9.17) is 16.3 Å². The molecule has 0 aliphatic carbocycles. The molecule has 0 bridgehead atoms. The highest BCUT2D eigenvalue weighted by atomic mass is 35.5. The second kappa shape index (κ2) is 7.69. The van der Waals surface area contributed by atoms with Crippen LogP contribution in [0.2, 0.25) is 5.02 Å². The Labute approximate surface area is 170 Å². The number of rotatable bonds is 5. The summed E-state index contributed by atoms with van der Waals surface area (Å²) in [6, 6.07) is 12.5. The third-order valence-corrected chi connectivity index (χ3v) is 5.56. The third kappa shape index (κ3) is 3.76. The molecule has 0 radical (unpaired) electrons. The molecule has 0 saturated carbocycles. The van der Waals surface area contributed by atoms with Crippen LogP contribution in [-0.2, 0) is 4.79 Å². The number of fused-ring (bicyclic) bond motifs is 1. The Morgan fingerprint density at radius 3 is 3.00 bits per heavy atom. The molecule has 28 heavy (non-hydrogen) atoms. The molecule has 1 N–H and O–H groups in total. The highest BCUT2D eigenvalue weighted by Gasteiger charge is 2.22. The van der Waals surface area contributed by atoms with Crippen molar-refractivity contribution in [3.63, 3.8) is 0 Å². The van der Waals surface area contributed by atoms with Crippen molar-refractivity contribution in [2.24, 2.45) is 0 Å². The Hall–Kier alpha value is -2.77. The van der Waals surface area contributed by atoms with Crippen LogP contribution in [0.1, 0.15) is 17.3 Å². The molecule has 1 unspecified atom stereocenters. The lowest BCUT2D eigenvalue weighted by molar-refractivity contribution is -0.118. The van der Waals surface area contributed by atoms with Crippen molar-refractivity contribution in [2.45, 2.75) is 17.3 Å². The fraction of sp³-hybridized carbons (Fsp3) is 0.150. The highest BCUT2D eigenvalue weighted by molar-refractivity contribution is 8.00. The lowest BCUT2D eigenvalue weighted by Gasteiger charge is -2.19. The van der Waals surface area contributed by atoms with Gasteiger partial charge in [0.15, 0.2) is 17.5 Å². The summed E-state index contributed by atoms with van der Waals surface area (Å²) in [6.45, 7) is 1.82. The van der Waals surface area contributed by atoms with E-state index in [1.54, 1.807) is 30.5 Å². The first-order valence-corrected chi connectivity index (χ1v) is 9.84. The Morgan fingerprint density at radius 2 is 2.18 bits per heavy atom. The molecular formula is C20H16ClN3O3S. The molecule has 142 valence electrons. The summed E-state index contributed by atoms with van der Waals surface area (Å²) < 4.78 is 7.23. The maximum absolute atomic E-state index is 12.9. The zero-order valence-corrected chi connectivity index (χ0v) is 16.5.